The Labute approximate surface area is 396 Å². The Kier molecular flexibility index (Phi) is 22.3. The van der Waals surface area contributed by atoms with E-state index in [1.165, 1.54) is 44.1 Å². The van der Waals surface area contributed by atoms with Gasteiger partial charge in [-0.2, -0.15) is 0 Å². The highest BCUT2D eigenvalue weighted by Crippen LogP contribution is 2.67. The molecule has 0 radical (unpaired) electrons. The minimum atomic E-state index is -1.45. The third kappa shape index (κ3) is 15.1. The number of allylic oxidation sites excluding steroid dienone is 11. The Morgan fingerprint density at radius 3 is 2.08 bits per heavy atom. The van der Waals surface area contributed by atoms with Gasteiger partial charge in [-0.15, -0.1) is 0 Å². The summed E-state index contributed by atoms with van der Waals surface area (Å²) in [6.07, 6.45) is 41.8. The molecular formula is C58H94O7. The van der Waals surface area contributed by atoms with Crippen molar-refractivity contribution < 1.29 is 34.3 Å². The molecule has 65 heavy (non-hydrogen) atoms. The maximum Gasteiger partial charge on any atom is 0.305 e. The van der Waals surface area contributed by atoms with Gasteiger partial charge in [-0.1, -0.05) is 153 Å². The summed E-state index contributed by atoms with van der Waals surface area (Å²) in [6.45, 7) is 16.9. The monoisotopic (exact) mass is 903 g/mol. The number of unbranched alkanes of at least 4 members (excludes halogenated alkanes) is 5. The van der Waals surface area contributed by atoms with E-state index >= 15 is 0 Å². The zero-order valence-electron chi connectivity index (χ0n) is 42.1. The summed E-state index contributed by atoms with van der Waals surface area (Å²) in [5.74, 6) is 5.10. The third-order valence-corrected chi connectivity index (χ3v) is 17.3. The van der Waals surface area contributed by atoms with Crippen LogP contribution in [0.25, 0.3) is 0 Å². The first-order valence-electron chi connectivity index (χ1n) is 26.7. The zero-order chi connectivity index (χ0) is 46.8. The molecule has 7 heteroatoms. The van der Waals surface area contributed by atoms with Gasteiger partial charge in [-0.3, -0.25) is 4.79 Å². The van der Waals surface area contributed by atoms with E-state index in [1.54, 1.807) is 0 Å². The van der Waals surface area contributed by atoms with Crippen LogP contribution in [0.4, 0.5) is 0 Å². The standard InChI is InChI=1S/C58H94O7/c1-8-9-10-11-12-13-14-15-16-17-18-19-20-21-22-23-24-25-26-27-28-29-52(59)63-41-51-53(60)54(61)55(62)56(65-51)64-46-36-38-57(6)45(40-46)32-33-47-49-35-34-48(58(49,7)39-37-50(47)57)44(5)31-30-43(4)42(2)3/h9-10,12-13,15-16,18-19,21-22,32,42-44,46-51,53-56,60-62H,8,11,14,17,20,23-31,33-41H2,1-7H3/b10-9-,13-12-,16-15-,19-18-,22-21-. The average Bonchev–Trinajstić information content (AvgIpc) is 3.65. The van der Waals surface area contributed by atoms with Gasteiger partial charge >= 0.3 is 5.97 Å². The number of esters is 1. The number of hydrogen-bond donors (Lipinski definition) is 3. The SMILES string of the molecule is CC/C=C\C/C=C\C/C=C\C/C=C\C/C=C\CCCCCCCC(=O)OCC1OC(OC2CCC3(C)C(=CCC4C3CCC3(C)C(C(C)CCC(C)C(C)C)CCC43)C2)C(O)C(O)C1O. The van der Waals surface area contributed by atoms with E-state index in [0.29, 0.717) is 17.8 Å². The Balaban J connectivity index is 0.963. The van der Waals surface area contributed by atoms with Crippen molar-refractivity contribution in [2.45, 2.75) is 227 Å². The second-order valence-corrected chi connectivity index (χ2v) is 22.0. The first kappa shape index (κ1) is 53.7. The molecule has 1 aliphatic heterocycles. The fourth-order valence-electron chi connectivity index (χ4n) is 12.8. The van der Waals surface area contributed by atoms with Crippen molar-refractivity contribution in [2.75, 3.05) is 6.61 Å². The van der Waals surface area contributed by atoms with E-state index in [1.807, 2.05) is 0 Å². The number of hydrogen-bond acceptors (Lipinski definition) is 7. The molecule has 0 amide bonds. The molecule has 4 aliphatic carbocycles. The van der Waals surface area contributed by atoms with E-state index < -0.39 is 30.7 Å². The van der Waals surface area contributed by atoms with Gasteiger partial charge in [0, 0.05) is 6.42 Å². The zero-order valence-corrected chi connectivity index (χ0v) is 42.1. The number of carbonyl (C=O) groups excluding carboxylic acids is 1. The molecule has 0 aromatic carbocycles. The predicted octanol–water partition coefficient (Wildman–Crippen LogP) is 13.5. The minimum absolute atomic E-state index is 0.151. The summed E-state index contributed by atoms with van der Waals surface area (Å²) in [4.78, 5) is 12.7. The van der Waals surface area contributed by atoms with Gasteiger partial charge in [0.15, 0.2) is 6.29 Å². The van der Waals surface area contributed by atoms with Gasteiger partial charge in [-0.05, 0) is 155 Å². The predicted molar refractivity (Wildman–Crippen MR) is 267 cm³/mol. The van der Waals surface area contributed by atoms with Gasteiger partial charge in [-0.25, -0.2) is 0 Å². The second kappa shape index (κ2) is 27.0. The van der Waals surface area contributed by atoms with Crippen molar-refractivity contribution in [3.05, 3.63) is 72.4 Å². The van der Waals surface area contributed by atoms with Crippen molar-refractivity contribution in [2.24, 2.45) is 52.3 Å². The lowest BCUT2D eigenvalue weighted by molar-refractivity contribution is -0.313. The molecule has 3 saturated carbocycles. The van der Waals surface area contributed by atoms with Crippen molar-refractivity contribution in [1.82, 2.24) is 0 Å². The lowest BCUT2D eigenvalue weighted by Gasteiger charge is -2.58. The van der Waals surface area contributed by atoms with Gasteiger partial charge in [0.1, 0.15) is 31.0 Å². The van der Waals surface area contributed by atoms with Crippen LogP contribution in [0.3, 0.4) is 0 Å². The Morgan fingerprint density at radius 1 is 0.754 bits per heavy atom. The van der Waals surface area contributed by atoms with Crippen LogP contribution in [0.1, 0.15) is 190 Å². The smallest absolute Gasteiger partial charge is 0.305 e. The lowest BCUT2D eigenvalue weighted by Crippen LogP contribution is -2.60. The molecule has 4 fully saturated rings. The summed E-state index contributed by atoms with van der Waals surface area (Å²) >= 11 is 0. The molecule has 5 aliphatic rings. The molecule has 14 unspecified atom stereocenters. The van der Waals surface area contributed by atoms with Crippen molar-refractivity contribution in [1.29, 1.82) is 0 Å². The maximum absolute atomic E-state index is 12.7. The normalized spacial score (nSPS) is 35.0. The van der Waals surface area contributed by atoms with Crippen LogP contribution >= 0.6 is 0 Å². The van der Waals surface area contributed by atoms with E-state index in [4.69, 9.17) is 14.2 Å². The Bertz CT molecular complexity index is 1590. The largest absolute Gasteiger partial charge is 0.463 e. The summed E-state index contributed by atoms with van der Waals surface area (Å²) in [6, 6.07) is 0. The van der Waals surface area contributed by atoms with E-state index in [9.17, 15) is 20.1 Å². The fourth-order valence-corrected chi connectivity index (χ4v) is 12.8. The number of aliphatic hydroxyl groups is 3. The van der Waals surface area contributed by atoms with Gasteiger partial charge < -0.3 is 29.5 Å². The van der Waals surface area contributed by atoms with Crippen LogP contribution in [0.15, 0.2) is 72.4 Å². The van der Waals surface area contributed by atoms with Gasteiger partial charge in [0.25, 0.3) is 0 Å². The van der Waals surface area contributed by atoms with E-state index in [2.05, 4.69) is 115 Å². The first-order valence-corrected chi connectivity index (χ1v) is 26.7. The van der Waals surface area contributed by atoms with Crippen LogP contribution in [-0.2, 0) is 19.0 Å². The van der Waals surface area contributed by atoms with Crippen LogP contribution < -0.4 is 0 Å². The molecule has 14 atom stereocenters. The minimum Gasteiger partial charge on any atom is -0.463 e. The summed E-state index contributed by atoms with van der Waals surface area (Å²) in [5, 5.41) is 32.6. The van der Waals surface area contributed by atoms with E-state index in [-0.39, 0.29) is 24.1 Å². The molecule has 0 aromatic rings. The summed E-state index contributed by atoms with van der Waals surface area (Å²) < 4.78 is 18.1. The van der Waals surface area contributed by atoms with Gasteiger partial charge in [0.2, 0.25) is 0 Å². The fraction of sp³-hybridized carbons (Fsp3) is 0.776. The highest BCUT2D eigenvalue weighted by atomic mass is 16.7. The molecule has 7 nitrogen and oxygen atoms in total. The molecule has 0 bridgehead atoms. The van der Waals surface area contributed by atoms with Crippen molar-refractivity contribution >= 4 is 5.97 Å². The Hall–Kier alpha value is -2.29. The molecule has 5 rings (SSSR count). The molecule has 0 spiro atoms. The molecule has 368 valence electrons. The van der Waals surface area contributed by atoms with E-state index in [0.717, 1.165) is 132 Å². The van der Waals surface area contributed by atoms with Crippen LogP contribution in [-0.4, -0.2) is 64.7 Å². The molecule has 1 heterocycles. The summed E-state index contributed by atoms with van der Waals surface area (Å²) in [7, 11) is 0. The third-order valence-electron chi connectivity index (χ3n) is 17.3. The van der Waals surface area contributed by atoms with Gasteiger partial charge in [0.05, 0.1) is 6.10 Å². The highest BCUT2D eigenvalue weighted by molar-refractivity contribution is 5.69. The second-order valence-electron chi connectivity index (χ2n) is 22.0. The number of carbonyl (C=O) groups is 1. The van der Waals surface area contributed by atoms with Crippen LogP contribution in [0, 0.1) is 52.3 Å². The highest BCUT2D eigenvalue weighted by Gasteiger charge is 2.59. The topological polar surface area (TPSA) is 105 Å². The number of ether oxygens (including phenoxy) is 3. The molecule has 3 N–H and O–H groups in total. The number of rotatable bonds is 26. The van der Waals surface area contributed by atoms with Crippen molar-refractivity contribution in [3.8, 4) is 0 Å². The molecular weight excluding hydrogens is 809 g/mol. The van der Waals surface area contributed by atoms with Crippen LogP contribution in [0.2, 0.25) is 0 Å². The number of fused-ring (bicyclic) bond motifs is 5. The first-order chi connectivity index (χ1) is 31.3. The maximum atomic E-state index is 12.7. The van der Waals surface area contributed by atoms with Crippen LogP contribution in [0.5, 0.6) is 0 Å². The average molecular weight is 903 g/mol. The quantitative estimate of drug-likeness (QED) is 0.0451. The summed E-state index contributed by atoms with van der Waals surface area (Å²) in [5.41, 5.74) is 2.11. The Morgan fingerprint density at radius 2 is 1.40 bits per heavy atom. The lowest BCUT2D eigenvalue weighted by atomic mass is 9.47. The van der Waals surface area contributed by atoms with Crippen molar-refractivity contribution in [3.63, 3.8) is 0 Å². The number of aliphatic hydroxyl groups excluding tert-OH is 3. The molecule has 1 saturated heterocycles. The molecule has 0 aromatic heterocycles.